The number of rotatable bonds is 7. The van der Waals surface area contributed by atoms with Crippen LogP contribution in [0.4, 0.5) is 0 Å². The van der Waals surface area contributed by atoms with Gasteiger partial charge in [0.2, 0.25) is 5.71 Å². The third-order valence-electron chi connectivity index (χ3n) is 5.21. The number of unbranched alkanes of at least 4 members (excludes halogenated alkanes) is 1. The molecule has 2 heterocycles. The van der Waals surface area contributed by atoms with E-state index in [-0.39, 0.29) is 0 Å². The van der Waals surface area contributed by atoms with Crippen LogP contribution < -0.4 is 15.0 Å². The molecule has 154 valence electrons. The number of benzene rings is 2. The number of nitrogens with zero attached hydrogens (tertiary/aromatic N) is 2. The van der Waals surface area contributed by atoms with E-state index in [2.05, 4.69) is 11.9 Å². The van der Waals surface area contributed by atoms with Gasteiger partial charge in [-0.15, -0.1) is 0 Å². The van der Waals surface area contributed by atoms with Crippen LogP contribution in [0.25, 0.3) is 33.6 Å². The van der Waals surface area contributed by atoms with Crippen LogP contribution in [0.1, 0.15) is 19.8 Å². The highest BCUT2D eigenvalue weighted by atomic mass is 16.5. The van der Waals surface area contributed by atoms with Crippen molar-refractivity contribution in [3.8, 4) is 33.9 Å². The summed E-state index contributed by atoms with van der Waals surface area (Å²) in [6.07, 6.45) is 3.74. The second kappa shape index (κ2) is 8.45. The van der Waals surface area contributed by atoms with Crippen molar-refractivity contribution in [1.82, 2.24) is 9.55 Å². The third-order valence-corrected chi connectivity index (χ3v) is 5.21. The van der Waals surface area contributed by atoms with E-state index in [4.69, 9.17) is 19.3 Å². The van der Waals surface area contributed by atoms with Gasteiger partial charge in [-0.2, -0.15) is 0 Å². The molecule has 0 saturated carbocycles. The summed E-state index contributed by atoms with van der Waals surface area (Å²) in [4.78, 5) is 4.52. The van der Waals surface area contributed by atoms with E-state index in [1.807, 2.05) is 53.1 Å². The van der Waals surface area contributed by atoms with E-state index < -0.39 is 0 Å². The average Bonchev–Trinajstić information content (AvgIpc) is 3.19. The summed E-state index contributed by atoms with van der Waals surface area (Å²) in [5.41, 5.74) is 3.58. The first-order chi connectivity index (χ1) is 14.7. The van der Waals surface area contributed by atoms with E-state index in [0.717, 1.165) is 47.6 Å². The lowest BCUT2D eigenvalue weighted by Crippen LogP contribution is -2.20. The zero-order chi connectivity index (χ0) is 21.1. The first-order valence-electron chi connectivity index (χ1n) is 10.0. The molecule has 4 rings (SSSR count). The van der Waals surface area contributed by atoms with Crippen LogP contribution in [0, 0.1) is 5.41 Å². The monoisotopic (exact) mass is 403 g/mol. The Morgan fingerprint density at radius 2 is 1.53 bits per heavy atom. The average molecular weight is 403 g/mol. The van der Waals surface area contributed by atoms with Crippen LogP contribution in [0.2, 0.25) is 0 Å². The number of nitrogens with one attached hydrogen (secondary N) is 1. The fourth-order valence-corrected chi connectivity index (χ4v) is 3.53. The number of methoxy groups -OCH3 is 2. The number of ether oxygens (including phenoxy) is 2. The molecule has 0 bridgehead atoms. The van der Waals surface area contributed by atoms with Crippen molar-refractivity contribution in [2.24, 2.45) is 0 Å². The Morgan fingerprint density at radius 1 is 0.933 bits per heavy atom. The van der Waals surface area contributed by atoms with Gasteiger partial charge in [-0.3, -0.25) is 5.41 Å². The van der Waals surface area contributed by atoms with Crippen LogP contribution in [0.3, 0.4) is 0 Å². The SMILES string of the molecule is CCCCn1cnc2oc(-c3ccc(OC)cc3)c(-c3ccc(OC)cc3)c2c1=N. The minimum atomic E-state index is 0.405. The van der Waals surface area contributed by atoms with Crippen LogP contribution in [0.5, 0.6) is 11.5 Å². The normalized spacial score (nSPS) is 11.0. The maximum Gasteiger partial charge on any atom is 0.232 e. The van der Waals surface area contributed by atoms with E-state index in [1.165, 1.54) is 0 Å². The summed E-state index contributed by atoms with van der Waals surface area (Å²) >= 11 is 0. The van der Waals surface area contributed by atoms with Crippen LogP contribution >= 0.6 is 0 Å². The fourth-order valence-electron chi connectivity index (χ4n) is 3.53. The second-order valence-corrected chi connectivity index (χ2v) is 7.08. The van der Waals surface area contributed by atoms with Crippen molar-refractivity contribution >= 4 is 11.1 Å². The van der Waals surface area contributed by atoms with Crippen molar-refractivity contribution in [3.63, 3.8) is 0 Å². The Kier molecular flexibility index (Phi) is 5.57. The van der Waals surface area contributed by atoms with Gasteiger partial charge in [-0.1, -0.05) is 25.5 Å². The number of fused-ring (bicyclic) bond motifs is 1. The Bertz CT molecular complexity index is 1210. The second-order valence-electron chi connectivity index (χ2n) is 7.08. The van der Waals surface area contributed by atoms with Gasteiger partial charge in [0, 0.05) is 17.7 Å². The Balaban J connectivity index is 1.97. The molecule has 30 heavy (non-hydrogen) atoms. The van der Waals surface area contributed by atoms with Gasteiger partial charge in [0.25, 0.3) is 0 Å². The van der Waals surface area contributed by atoms with E-state index >= 15 is 0 Å². The zero-order valence-electron chi connectivity index (χ0n) is 17.4. The Hall–Kier alpha value is -3.54. The van der Waals surface area contributed by atoms with Crippen molar-refractivity contribution in [3.05, 3.63) is 60.3 Å². The molecule has 1 N–H and O–H groups in total. The summed E-state index contributed by atoms with van der Waals surface area (Å²) in [6.45, 7) is 2.89. The van der Waals surface area contributed by atoms with Gasteiger partial charge >= 0.3 is 0 Å². The molecule has 0 spiro atoms. The van der Waals surface area contributed by atoms with Gasteiger partial charge in [0.05, 0.1) is 19.6 Å². The minimum absolute atomic E-state index is 0.405. The lowest BCUT2D eigenvalue weighted by Gasteiger charge is -2.08. The number of hydrogen-bond acceptors (Lipinski definition) is 5. The Morgan fingerprint density at radius 3 is 2.10 bits per heavy atom. The van der Waals surface area contributed by atoms with E-state index in [1.54, 1.807) is 20.5 Å². The standard InChI is InChI=1S/C24H25N3O3/c1-4-5-14-27-15-26-24-21(23(27)25)20(16-6-10-18(28-2)11-7-16)22(30-24)17-8-12-19(29-3)13-9-17/h6-13,15,25H,4-5,14H2,1-3H3. The third kappa shape index (κ3) is 3.56. The molecule has 0 amide bonds. The summed E-state index contributed by atoms with van der Waals surface area (Å²) < 4.78 is 18.7. The van der Waals surface area contributed by atoms with Gasteiger partial charge in [-0.25, -0.2) is 4.98 Å². The van der Waals surface area contributed by atoms with E-state index in [9.17, 15) is 0 Å². The van der Waals surface area contributed by atoms with E-state index in [0.29, 0.717) is 22.3 Å². The Labute approximate surface area is 175 Å². The molecule has 0 unspecified atom stereocenters. The first-order valence-corrected chi connectivity index (χ1v) is 10.0. The minimum Gasteiger partial charge on any atom is -0.497 e. The molecule has 6 nitrogen and oxygen atoms in total. The van der Waals surface area contributed by atoms with Gasteiger partial charge in [-0.05, 0) is 48.4 Å². The number of aryl methyl sites for hydroxylation is 1. The van der Waals surface area contributed by atoms with Crippen molar-refractivity contribution in [2.75, 3.05) is 14.2 Å². The number of furan rings is 1. The molecule has 0 saturated heterocycles. The molecule has 2 aromatic heterocycles. The summed E-state index contributed by atoms with van der Waals surface area (Å²) in [5, 5.41) is 9.56. The van der Waals surface area contributed by atoms with Crippen LogP contribution in [0.15, 0.2) is 59.3 Å². The van der Waals surface area contributed by atoms with Gasteiger partial charge in [0.1, 0.15) is 29.1 Å². The molecule has 6 heteroatoms. The maximum atomic E-state index is 8.84. The summed E-state index contributed by atoms with van der Waals surface area (Å²) in [5.74, 6) is 2.24. The van der Waals surface area contributed by atoms with Crippen molar-refractivity contribution < 1.29 is 13.9 Å². The summed E-state index contributed by atoms with van der Waals surface area (Å²) in [7, 11) is 3.29. The highest BCUT2D eigenvalue weighted by molar-refractivity contribution is 5.99. The van der Waals surface area contributed by atoms with Crippen LogP contribution in [-0.2, 0) is 6.54 Å². The number of aromatic nitrogens is 2. The van der Waals surface area contributed by atoms with Crippen molar-refractivity contribution in [2.45, 2.75) is 26.3 Å². The quantitative estimate of drug-likeness (QED) is 0.457. The van der Waals surface area contributed by atoms with Gasteiger partial charge in [0.15, 0.2) is 0 Å². The molecular weight excluding hydrogens is 378 g/mol. The molecule has 0 radical (unpaired) electrons. The van der Waals surface area contributed by atoms with Crippen LogP contribution in [-0.4, -0.2) is 23.8 Å². The highest BCUT2D eigenvalue weighted by Gasteiger charge is 2.21. The first kappa shape index (κ1) is 19.8. The number of hydrogen-bond donors (Lipinski definition) is 1. The molecule has 0 aliphatic heterocycles. The maximum absolute atomic E-state index is 8.84. The molecule has 4 aromatic rings. The fraction of sp³-hybridized carbons (Fsp3) is 0.250. The molecule has 0 aliphatic carbocycles. The molecule has 0 atom stereocenters. The largest absolute Gasteiger partial charge is 0.497 e. The lowest BCUT2D eigenvalue weighted by molar-refractivity contribution is 0.414. The lowest BCUT2D eigenvalue weighted by atomic mass is 9.99. The molecule has 0 fully saturated rings. The zero-order valence-corrected chi connectivity index (χ0v) is 17.4. The topological polar surface area (TPSA) is 73.3 Å². The highest BCUT2D eigenvalue weighted by Crippen LogP contribution is 2.39. The smallest absolute Gasteiger partial charge is 0.232 e. The molecular formula is C24H25N3O3. The predicted molar refractivity (Wildman–Crippen MR) is 117 cm³/mol. The predicted octanol–water partition coefficient (Wildman–Crippen LogP) is 5.26. The molecule has 0 aliphatic rings. The van der Waals surface area contributed by atoms with Crippen molar-refractivity contribution in [1.29, 1.82) is 5.41 Å². The summed E-state index contributed by atoms with van der Waals surface area (Å²) in [6, 6.07) is 15.5. The van der Waals surface area contributed by atoms with Gasteiger partial charge < -0.3 is 18.5 Å². The molecule has 2 aromatic carbocycles.